The minimum absolute atomic E-state index is 0.135. The van der Waals surface area contributed by atoms with Crippen LogP contribution in [0.4, 0.5) is 16.2 Å². The number of aromatic hydroxyl groups is 1. The molecule has 8 nitrogen and oxygen atoms in total. The van der Waals surface area contributed by atoms with E-state index in [2.05, 4.69) is 30.5 Å². The van der Waals surface area contributed by atoms with Crippen molar-refractivity contribution in [2.45, 2.75) is 51.5 Å². The summed E-state index contributed by atoms with van der Waals surface area (Å²) in [6, 6.07) is 21.1. The number of hydrogen-bond acceptors (Lipinski definition) is 5. The van der Waals surface area contributed by atoms with Crippen molar-refractivity contribution in [1.29, 1.82) is 0 Å². The SMILES string of the molecule is CN(C)c1ccc(NC(=O)NCc2cccc(-c3ccc(C(C)(C)CCCCC(=O)N4CCOCC4)cc3O)c2)cc1. The first-order valence-corrected chi connectivity index (χ1v) is 14.7. The van der Waals surface area contributed by atoms with Crippen LogP contribution in [0.2, 0.25) is 0 Å². The number of hydrogen-bond donors (Lipinski definition) is 3. The van der Waals surface area contributed by atoms with Gasteiger partial charge < -0.3 is 30.3 Å². The van der Waals surface area contributed by atoms with Crippen molar-refractivity contribution in [3.05, 3.63) is 77.9 Å². The van der Waals surface area contributed by atoms with Gasteiger partial charge in [-0.3, -0.25) is 4.79 Å². The first-order valence-electron chi connectivity index (χ1n) is 14.7. The molecule has 1 saturated heterocycles. The van der Waals surface area contributed by atoms with Gasteiger partial charge in [0, 0.05) is 57.1 Å². The Morgan fingerprint density at radius 1 is 0.976 bits per heavy atom. The maximum absolute atomic E-state index is 12.4. The van der Waals surface area contributed by atoms with Crippen LogP contribution < -0.4 is 15.5 Å². The summed E-state index contributed by atoms with van der Waals surface area (Å²) < 4.78 is 5.33. The van der Waals surface area contributed by atoms with Gasteiger partial charge in [-0.2, -0.15) is 0 Å². The average molecular weight is 573 g/mol. The summed E-state index contributed by atoms with van der Waals surface area (Å²) >= 11 is 0. The van der Waals surface area contributed by atoms with Crippen molar-refractivity contribution in [2.24, 2.45) is 0 Å². The molecule has 1 heterocycles. The van der Waals surface area contributed by atoms with E-state index in [0.717, 1.165) is 52.9 Å². The Kier molecular flexibility index (Phi) is 10.5. The third-order valence-corrected chi connectivity index (χ3v) is 7.92. The Hall–Kier alpha value is -4.04. The van der Waals surface area contributed by atoms with E-state index in [1.165, 1.54) is 0 Å². The number of amides is 3. The van der Waals surface area contributed by atoms with E-state index in [9.17, 15) is 14.7 Å². The number of anilines is 2. The van der Waals surface area contributed by atoms with Gasteiger partial charge in [0.25, 0.3) is 0 Å². The Bertz CT molecular complexity index is 1350. The largest absolute Gasteiger partial charge is 0.507 e. The fraction of sp³-hybridized carbons (Fsp3) is 0.412. The highest BCUT2D eigenvalue weighted by molar-refractivity contribution is 5.89. The minimum atomic E-state index is -0.280. The van der Waals surface area contributed by atoms with Crippen LogP contribution in [0.1, 0.15) is 50.7 Å². The summed E-state index contributed by atoms with van der Waals surface area (Å²) in [5.41, 5.74) is 5.28. The second kappa shape index (κ2) is 14.2. The Labute approximate surface area is 249 Å². The smallest absolute Gasteiger partial charge is 0.319 e. The molecule has 0 bridgehead atoms. The predicted octanol–water partition coefficient (Wildman–Crippen LogP) is 6.14. The van der Waals surface area contributed by atoms with Gasteiger partial charge in [0.05, 0.1) is 13.2 Å². The van der Waals surface area contributed by atoms with E-state index >= 15 is 0 Å². The molecule has 0 radical (unpaired) electrons. The molecule has 3 aromatic rings. The highest BCUT2D eigenvalue weighted by atomic mass is 16.5. The van der Waals surface area contributed by atoms with Gasteiger partial charge in [-0.25, -0.2) is 4.79 Å². The van der Waals surface area contributed by atoms with Crippen LogP contribution in [0.3, 0.4) is 0 Å². The zero-order valence-electron chi connectivity index (χ0n) is 25.3. The van der Waals surface area contributed by atoms with E-state index in [1.54, 1.807) is 0 Å². The number of carbonyl (C=O) groups excluding carboxylic acids is 2. The van der Waals surface area contributed by atoms with Crippen molar-refractivity contribution in [1.82, 2.24) is 10.2 Å². The number of urea groups is 1. The van der Waals surface area contributed by atoms with Crippen LogP contribution in [0, 0.1) is 0 Å². The van der Waals surface area contributed by atoms with Gasteiger partial charge in [-0.05, 0) is 71.3 Å². The molecular weight excluding hydrogens is 528 g/mol. The number of phenols is 1. The lowest BCUT2D eigenvalue weighted by atomic mass is 9.79. The fourth-order valence-corrected chi connectivity index (χ4v) is 5.20. The summed E-state index contributed by atoms with van der Waals surface area (Å²) in [6.07, 6.45) is 3.28. The van der Waals surface area contributed by atoms with E-state index < -0.39 is 0 Å². The number of phenolic OH excluding ortho intramolecular Hbond substituents is 1. The first kappa shape index (κ1) is 30.9. The molecule has 4 rings (SSSR count). The molecule has 0 unspecified atom stereocenters. The number of morpholine rings is 1. The third kappa shape index (κ3) is 8.49. The number of benzene rings is 3. The van der Waals surface area contributed by atoms with Gasteiger partial charge >= 0.3 is 6.03 Å². The van der Waals surface area contributed by atoms with Gasteiger partial charge in [0.1, 0.15) is 5.75 Å². The van der Waals surface area contributed by atoms with E-state index in [4.69, 9.17) is 4.74 Å². The van der Waals surface area contributed by atoms with Gasteiger partial charge in [-0.1, -0.05) is 50.6 Å². The standard InChI is InChI=1S/C34H44N4O4/c1-34(2,17-6-5-10-32(40)38-18-20-42-21-19-38)27-11-16-30(31(39)23-27)26-9-7-8-25(22-26)24-35-33(41)36-28-12-14-29(15-13-28)37(3)4/h7-9,11-16,22-23,39H,5-6,10,17-21,24H2,1-4H3,(H2,35,36,41). The number of unbranched alkanes of at least 4 members (excludes halogenated alkanes) is 1. The van der Waals surface area contributed by atoms with Crippen LogP contribution in [-0.2, 0) is 21.5 Å². The average Bonchev–Trinajstić information content (AvgIpc) is 2.99. The Balaban J connectivity index is 1.30. The zero-order chi connectivity index (χ0) is 30.1. The van der Waals surface area contributed by atoms with Crippen molar-refractivity contribution < 1.29 is 19.4 Å². The molecule has 42 heavy (non-hydrogen) atoms. The molecule has 1 fully saturated rings. The lowest BCUT2D eigenvalue weighted by Crippen LogP contribution is -2.40. The summed E-state index contributed by atoms with van der Waals surface area (Å²) in [4.78, 5) is 28.8. The van der Waals surface area contributed by atoms with Crippen LogP contribution in [0.25, 0.3) is 11.1 Å². The molecule has 1 aliphatic heterocycles. The summed E-state index contributed by atoms with van der Waals surface area (Å²) in [5.74, 6) is 0.443. The number of nitrogens with zero attached hydrogens (tertiary/aromatic N) is 2. The molecule has 0 atom stereocenters. The molecule has 0 aliphatic carbocycles. The molecule has 8 heteroatoms. The number of ether oxygens (including phenoxy) is 1. The quantitative estimate of drug-likeness (QED) is 0.240. The lowest BCUT2D eigenvalue weighted by molar-refractivity contribution is -0.135. The second-order valence-corrected chi connectivity index (χ2v) is 11.8. The van der Waals surface area contributed by atoms with Crippen LogP contribution in [0.5, 0.6) is 5.75 Å². The fourth-order valence-electron chi connectivity index (χ4n) is 5.20. The summed E-state index contributed by atoms with van der Waals surface area (Å²) in [6.45, 7) is 7.36. The lowest BCUT2D eigenvalue weighted by Gasteiger charge is -2.28. The number of rotatable bonds is 11. The van der Waals surface area contributed by atoms with Gasteiger partial charge in [-0.15, -0.1) is 0 Å². The second-order valence-electron chi connectivity index (χ2n) is 11.8. The highest BCUT2D eigenvalue weighted by Crippen LogP contribution is 2.36. The summed E-state index contributed by atoms with van der Waals surface area (Å²) in [7, 11) is 3.94. The molecule has 0 spiro atoms. The van der Waals surface area contributed by atoms with Crippen molar-refractivity contribution in [2.75, 3.05) is 50.6 Å². The normalized spacial score (nSPS) is 13.5. The highest BCUT2D eigenvalue weighted by Gasteiger charge is 2.23. The topological polar surface area (TPSA) is 94.1 Å². The van der Waals surface area contributed by atoms with E-state index in [1.807, 2.05) is 84.6 Å². The van der Waals surface area contributed by atoms with Gasteiger partial charge in [0.15, 0.2) is 0 Å². The van der Waals surface area contributed by atoms with Gasteiger partial charge in [0.2, 0.25) is 5.91 Å². The molecule has 0 saturated carbocycles. The van der Waals surface area contributed by atoms with Crippen LogP contribution >= 0.6 is 0 Å². The van der Waals surface area contributed by atoms with Crippen LogP contribution in [-0.4, -0.2) is 62.3 Å². The minimum Gasteiger partial charge on any atom is -0.507 e. The third-order valence-electron chi connectivity index (χ3n) is 7.92. The maximum Gasteiger partial charge on any atom is 0.319 e. The molecule has 3 aromatic carbocycles. The Morgan fingerprint density at radius 2 is 1.71 bits per heavy atom. The van der Waals surface area contributed by atoms with E-state index in [-0.39, 0.29) is 23.1 Å². The molecule has 3 N–H and O–H groups in total. The van der Waals surface area contributed by atoms with Crippen molar-refractivity contribution in [3.8, 4) is 16.9 Å². The summed E-state index contributed by atoms with van der Waals surface area (Å²) in [5, 5.41) is 16.7. The molecule has 0 aromatic heterocycles. The molecular formula is C34H44N4O4. The van der Waals surface area contributed by atoms with Crippen LogP contribution in [0.15, 0.2) is 66.7 Å². The maximum atomic E-state index is 12.4. The van der Waals surface area contributed by atoms with E-state index in [0.29, 0.717) is 39.3 Å². The first-order chi connectivity index (χ1) is 20.1. The number of carbonyl (C=O) groups is 2. The predicted molar refractivity (Wildman–Crippen MR) is 169 cm³/mol. The van der Waals surface area contributed by atoms with Crippen molar-refractivity contribution >= 4 is 23.3 Å². The molecule has 1 aliphatic rings. The monoisotopic (exact) mass is 572 g/mol. The molecule has 224 valence electrons. The number of nitrogens with one attached hydrogen (secondary N) is 2. The zero-order valence-corrected chi connectivity index (χ0v) is 25.3. The van der Waals surface area contributed by atoms with Crippen molar-refractivity contribution in [3.63, 3.8) is 0 Å². The molecule has 3 amide bonds. The Morgan fingerprint density at radius 3 is 2.40 bits per heavy atom.